The molecule has 38 heavy (non-hydrogen) atoms. The van der Waals surface area contributed by atoms with Gasteiger partial charge in [0.2, 0.25) is 0 Å². The first-order valence-electron chi connectivity index (χ1n) is 11.9. The summed E-state index contributed by atoms with van der Waals surface area (Å²) in [5.74, 6) is -0.643. The minimum absolute atomic E-state index is 0.0211. The van der Waals surface area contributed by atoms with Gasteiger partial charge in [0.25, 0.3) is 5.56 Å². The summed E-state index contributed by atoms with van der Waals surface area (Å²) in [7, 11) is 0. The molecule has 0 spiro atoms. The van der Waals surface area contributed by atoms with Crippen molar-refractivity contribution in [3.05, 3.63) is 122 Å². The fourth-order valence-electron chi connectivity index (χ4n) is 4.32. The number of oxime groups is 1. The first-order chi connectivity index (χ1) is 18.4. The van der Waals surface area contributed by atoms with Crippen LogP contribution in [0.4, 0.5) is 14.6 Å². The van der Waals surface area contributed by atoms with E-state index >= 15 is 0 Å². The second kappa shape index (κ2) is 11.3. The van der Waals surface area contributed by atoms with Gasteiger partial charge in [0.05, 0.1) is 15.7 Å². The van der Waals surface area contributed by atoms with Crippen LogP contribution in [0.25, 0.3) is 5.69 Å². The third-order valence-electron chi connectivity index (χ3n) is 6.26. The molecule has 2 aromatic carbocycles. The van der Waals surface area contributed by atoms with Crippen LogP contribution >= 0.6 is 23.2 Å². The average Bonchev–Trinajstić information content (AvgIpc) is 2.92. The summed E-state index contributed by atoms with van der Waals surface area (Å²) >= 11 is 12.7. The fourth-order valence-corrected chi connectivity index (χ4v) is 4.90. The lowest BCUT2D eigenvalue weighted by atomic mass is 10.0. The van der Waals surface area contributed by atoms with Crippen LogP contribution in [0.2, 0.25) is 10.0 Å². The summed E-state index contributed by atoms with van der Waals surface area (Å²) in [5, 5.41) is 4.85. The number of piperidine rings is 1. The van der Waals surface area contributed by atoms with Crippen molar-refractivity contribution in [2.24, 2.45) is 5.16 Å². The van der Waals surface area contributed by atoms with E-state index in [0.29, 0.717) is 31.5 Å². The summed E-state index contributed by atoms with van der Waals surface area (Å²) in [5.41, 5.74) is 0.367. The second-order valence-electron chi connectivity index (χ2n) is 8.74. The van der Waals surface area contributed by atoms with Gasteiger partial charge in [0.1, 0.15) is 29.3 Å². The molecule has 3 heterocycles. The van der Waals surface area contributed by atoms with Crippen LogP contribution in [-0.2, 0) is 4.84 Å². The molecule has 0 N–H and O–H groups in total. The Labute approximate surface area is 227 Å². The van der Waals surface area contributed by atoms with E-state index in [1.54, 1.807) is 24.4 Å². The summed E-state index contributed by atoms with van der Waals surface area (Å²) in [6, 6.07) is 16.6. The Bertz CT molecular complexity index is 1520. The van der Waals surface area contributed by atoms with Crippen molar-refractivity contribution in [1.82, 2.24) is 9.55 Å². The van der Waals surface area contributed by atoms with Gasteiger partial charge in [-0.15, -0.1) is 0 Å². The fraction of sp³-hybridized carbons (Fsp3) is 0.179. The zero-order valence-electron chi connectivity index (χ0n) is 20.0. The van der Waals surface area contributed by atoms with E-state index in [-0.39, 0.29) is 33.1 Å². The predicted molar refractivity (Wildman–Crippen MR) is 145 cm³/mol. The van der Waals surface area contributed by atoms with Gasteiger partial charge in [-0.25, -0.2) is 13.8 Å². The highest BCUT2D eigenvalue weighted by Gasteiger charge is 2.23. The molecule has 194 valence electrons. The zero-order valence-corrected chi connectivity index (χ0v) is 21.5. The lowest BCUT2D eigenvalue weighted by Crippen LogP contribution is -2.37. The number of aromatic nitrogens is 2. The van der Waals surface area contributed by atoms with Crippen molar-refractivity contribution >= 4 is 34.7 Å². The molecular formula is C28H22Cl2F2N4O2. The van der Waals surface area contributed by atoms with Gasteiger partial charge in [0.15, 0.2) is 0 Å². The van der Waals surface area contributed by atoms with Crippen LogP contribution < -0.4 is 10.5 Å². The maximum atomic E-state index is 14.9. The van der Waals surface area contributed by atoms with Crippen molar-refractivity contribution in [3.63, 3.8) is 0 Å². The largest absolute Gasteiger partial charge is 0.392 e. The monoisotopic (exact) mass is 554 g/mol. The molecule has 0 atom stereocenters. The van der Waals surface area contributed by atoms with Crippen molar-refractivity contribution in [1.29, 1.82) is 0 Å². The molecule has 0 radical (unpaired) electrons. The number of rotatable bonds is 6. The van der Waals surface area contributed by atoms with Crippen molar-refractivity contribution in [2.75, 3.05) is 18.0 Å². The highest BCUT2D eigenvalue weighted by molar-refractivity contribution is 6.37. The third kappa shape index (κ3) is 5.56. The number of benzene rings is 2. The first kappa shape index (κ1) is 25.9. The van der Waals surface area contributed by atoms with Gasteiger partial charge in [-0.1, -0.05) is 40.5 Å². The lowest BCUT2D eigenvalue weighted by molar-refractivity contribution is 0.0421. The molecule has 1 aliphatic rings. The number of hydrogen-bond donors (Lipinski definition) is 0. The molecule has 6 nitrogen and oxygen atoms in total. The van der Waals surface area contributed by atoms with Crippen LogP contribution in [0.15, 0.2) is 89.1 Å². The molecule has 1 saturated heterocycles. The van der Waals surface area contributed by atoms with Crippen LogP contribution in [0.1, 0.15) is 24.0 Å². The number of halogens is 4. The molecule has 5 rings (SSSR count). The molecule has 0 aliphatic carbocycles. The van der Waals surface area contributed by atoms with Gasteiger partial charge >= 0.3 is 0 Å². The normalized spacial score (nSPS) is 14.5. The molecular weight excluding hydrogens is 533 g/mol. The Balaban J connectivity index is 1.48. The zero-order chi connectivity index (χ0) is 26.6. The topological polar surface area (TPSA) is 59.7 Å². The van der Waals surface area contributed by atoms with Gasteiger partial charge in [-0.2, -0.15) is 0 Å². The van der Waals surface area contributed by atoms with E-state index in [9.17, 15) is 13.6 Å². The van der Waals surface area contributed by atoms with Crippen LogP contribution in [-0.4, -0.2) is 34.5 Å². The number of hydrogen-bond acceptors (Lipinski definition) is 5. The Kier molecular flexibility index (Phi) is 7.72. The Morgan fingerprint density at radius 2 is 1.74 bits per heavy atom. The van der Waals surface area contributed by atoms with E-state index in [1.807, 2.05) is 18.2 Å². The number of nitrogens with zero attached hydrogens (tertiary/aromatic N) is 4. The van der Waals surface area contributed by atoms with Gasteiger partial charge in [0, 0.05) is 61.6 Å². The second-order valence-corrected chi connectivity index (χ2v) is 9.55. The average molecular weight is 555 g/mol. The Morgan fingerprint density at radius 1 is 0.974 bits per heavy atom. The highest BCUT2D eigenvalue weighted by atomic mass is 35.5. The summed E-state index contributed by atoms with van der Waals surface area (Å²) in [6.45, 7) is 1.43. The molecule has 0 amide bonds. The lowest BCUT2D eigenvalue weighted by Gasteiger charge is -2.31. The first-order valence-corrected chi connectivity index (χ1v) is 12.7. The quantitative estimate of drug-likeness (QED) is 0.208. The molecule has 4 aromatic rings. The molecule has 0 saturated carbocycles. The molecule has 1 fully saturated rings. The highest BCUT2D eigenvalue weighted by Crippen LogP contribution is 2.28. The SMILES string of the molecule is O=c1ccc(/C(=N/OC2CCN(c3ccccn3)CC2)c2ccc(F)cc2F)cn1-c1c(Cl)cccc1Cl. The van der Waals surface area contributed by atoms with Crippen LogP contribution in [0.5, 0.6) is 0 Å². The van der Waals surface area contributed by atoms with Gasteiger partial charge in [-0.05, 0) is 42.5 Å². The van der Waals surface area contributed by atoms with Crippen molar-refractivity contribution in [2.45, 2.75) is 18.9 Å². The number of anilines is 1. The number of pyridine rings is 2. The number of para-hydroxylation sites is 1. The summed E-state index contributed by atoms with van der Waals surface area (Å²) in [4.78, 5) is 25.2. The minimum atomic E-state index is -0.814. The molecule has 10 heteroatoms. The smallest absolute Gasteiger partial charge is 0.255 e. The summed E-state index contributed by atoms with van der Waals surface area (Å²) in [6.07, 6.45) is 4.34. The summed E-state index contributed by atoms with van der Waals surface area (Å²) < 4.78 is 29.9. The minimum Gasteiger partial charge on any atom is -0.392 e. The maximum absolute atomic E-state index is 14.9. The maximum Gasteiger partial charge on any atom is 0.255 e. The Morgan fingerprint density at radius 3 is 2.42 bits per heavy atom. The van der Waals surface area contributed by atoms with Crippen molar-refractivity contribution < 1.29 is 13.6 Å². The molecule has 1 aliphatic heterocycles. The predicted octanol–water partition coefficient (Wildman–Crippen LogP) is 6.26. The van der Waals surface area contributed by atoms with E-state index in [4.69, 9.17) is 28.0 Å². The van der Waals surface area contributed by atoms with E-state index in [0.717, 1.165) is 18.0 Å². The molecule has 2 aromatic heterocycles. The van der Waals surface area contributed by atoms with Crippen LogP contribution in [0, 0.1) is 11.6 Å². The standard InChI is InChI=1S/C28H22Cl2F2N4O2/c29-22-4-3-5-23(30)28(22)36-17-18(7-10-26(36)37)27(21-9-8-19(31)16-24(21)32)34-38-20-11-14-35(15-12-20)25-6-1-2-13-33-25/h1-10,13,16-17,20H,11-12,14-15H2/b34-27-. The van der Waals surface area contributed by atoms with E-state index < -0.39 is 17.2 Å². The van der Waals surface area contributed by atoms with Crippen LogP contribution in [0.3, 0.4) is 0 Å². The third-order valence-corrected chi connectivity index (χ3v) is 6.87. The molecule has 0 bridgehead atoms. The Hall–Kier alpha value is -3.75. The van der Waals surface area contributed by atoms with E-state index in [1.165, 1.54) is 29.0 Å². The van der Waals surface area contributed by atoms with Crippen molar-refractivity contribution in [3.8, 4) is 5.69 Å². The van der Waals surface area contributed by atoms with Gasteiger partial charge in [-0.3, -0.25) is 9.36 Å². The molecule has 0 unspecified atom stereocenters. The van der Waals surface area contributed by atoms with Gasteiger partial charge < -0.3 is 9.74 Å². The van der Waals surface area contributed by atoms with E-state index in [2.05, 4.69) is 15.0 Å².